The van der Waals surface area contributed by atoms with Crippen LogP contribution in [0, 0.1) is 0 Å². The maximum Gasteiger partial charge on any atom is 0.0698 e. The Hall–Kier alpha value is -0.160. The molecule has 0 bridgehead atoms. The second-order valence-corrected chi connectivity index (χ2v) is 4.54. The van der Waals surface area contributed by atoms with Crippen molar-refractivity contribution in [3.63, 3.8) is 0 Å². The van der Waals surface area contributed by atoms with E-state index in [0.29, 0.717) is 6.61 Å². The number of hydrogen-bond donors (Lipinski definition) is 1. The molecule has 0 aliphatic heterocycles. The number of nitrogens with zero attached hydrogens (tertiary/aromatic N) is 2. The Balaban J connectivity index is -0.000000127. The predicted octanol–water partition coefficient (Wildman–Crippen LogP) is 3.74. The average molecular weight is 323 g/mol. The van der Waals surface area contributed by atoms with E-state index in [1.54, 1.807) is 0 Å². The minimum Gasteiger partial charge on any atom is -0.394 e. The molecular formula is C18H46N2O2. The molecule has 0 heterocycles. The van der Waals surface area contributed by atoms with E-state index < -0.39 is 0 Å². The SMILES string of the molecule is CC.CC.CCCN(C)CC.CCCN(C)CCOCCO. The molecule has 0 saturated carbocycles. The van der Waals surface area contributed by atoms with E-state index in [2.05, 4.69) is 44.7 Å². The Kier molecular flexibility index (Phi) is 44.3. The van der Waals surface area contributed by atoms with E-state index in [0.717, 1.165) is 19.7 Å². The molecule has 0 aromatic carbocycles. The third-order valence-corrected chi connectivity index (χ3v) is 2.60. The Morgan fingerprint density at radius 2 is 1.18 bits per heavy atom. The van der Waals surface area contributed by atoms with Crippen LogP contribution in [0.2, 0.25) is 0 Å². The Morgan fingerprint density at radius 1 is 0.727 bits per heavy atom. The second-order valence-electron chi connectivity index (χ2n) is 4.54. The molecule has 0 aromatic heterocycles. The monoisotopic (exact) mass is 322 g/mol. The van der Waals surface area contributed by atoms with Crippen LogP contribution in [0.1, 0.15) is 61.3 Å². The predicted molar refractivity (Wildman–Crippen MR) is 102 cm³/mol. The lowest BCUT2D eigenvalue weighted by Crippen LogP contribution is -2.24. The van der Waals surface area contributed by atoms with Crippen LogP contribution in [-0.2, 0) is 4.74 Å². The van der Waals surface area contributed by atoms with Gasteiger partial charge in [-0.1, -0.05) is 48.5 Å². The molecular weight excluding hydrogens is 276 g/mol. The molecule has 0 rings (SSSR count). The standard InChI is InChI=1S/C8H19NO2.C6H15N.2C2H6/c1-3-4-9(2)5-7-11-8-6-10;1-4-6-7(3)5-2;2*1-2/h10H,3-8H2,1-2H3;4-6H2,1-3H3;2*1-2H3. The molecule has 0 radical (unpaired) electrons. The zero-order valence-corrected chi connectivity index (χ0v) is 17.1. The fourth-order valence-electron chi connectivity index (χ4n) is 1.42. The van der Waals surface area contributed by atoms with Crippen LogP contribution < -0.4 is 0 Å². The van der Waals surface area contributed by atoms with Gasteiger partial charge in [-0.25, -0.2) is 0 Å². The summed E-state index contributed by atoms with van der Waals surface area (Å²) in [5, 5.41) is 8.40. The zero-order valence-electron chi connectivity index (χ0n) is 17.1. The summed E-state index contributed by atoms with van der Waals surface area (Å²) in [6.45, 7) is 20.3. The van der Waals surface area contributed by atoms with Gasteiger partial charge >= 0.3 is 0 Å². The summed E-state index contributed by atoms with van der Waals surface area (Å²) in [7, 11) is 4.22. The first-order valence-corrected chi connectivity index (χ1v) is 9.17. The number of rotatable bonds is 10. The first-order valence-electron chi connectivity index (χ1n) is 9.17. The second kappa shape index (κ2) is 32.7. The quantitative estimate of drug-likeness (QED) is 0.622. The molecule has 4 nitrogen and oxygen atoms in total. The lowest BCUT2D eigenvalue weighted by molar-refractivity contribution is 0.0784. The van der Waals surface area contributed by atoms with Crippen LogP contribution in [-0.4, -0.2) is 75.0 Å². The van der Waals surface area contributed by atoms with Crippen molar-refractivity contribution in [3.8, 4) is 0 Å². The molecule has 0 spiro atoms. The summed E-state index contributed by atoms with van der Waals surface area (Å²) < 4.78 is 5.11. The van der Waals surface area contributed by atoms with Crippen molar-refractivity contribution < 1.29 is 9.84 Å². The fraction of sp³-hybridized carbons (Fsp3) is 1.00. The number of ether oxygens (including phenoxy) is 1. The lowest BCUT2D eigenvalue weighted by Gasteiger charge is -2.14. The Bertz CT molecular complexity index is 147. The summed E-state index contributed by atoms with van der Waals surface area (Å²) in [5.74, 6) is 0. The molecule has 140 valence electrons. The van der Waals surface area contributed by atoms with Crippen LogP contribution in [0.3, 0.4) is 0 Å². The molecule has 0 amide bonds. The third-order valence-electron chi connectivity index (χ3n) is 2.60. The third kappa shape index (κ3) is 36.8. The van der Waals surface area contributed by atoms with E-state index in [-0.39, 0.29) is 6.61 Å². The van der Waals surface area contributed by atoms with Crippen molar-refractivity contribution in [2.75, 3.05) is 60.1 Å². The normalized spacial score (nSPS) is 9.27. The number of aliphatic hydroxyl groups is 1. The van der Waals surface area contributed by atoms with Gasteiger partial charge in [0.1, 0.15) is 0 Å². The Labute approximate surface area is 141 Å². The van der Waals surface area contributed by atoms with Crippen LogP contribution in [0.4, 0.5) is 0 Å². The molecule has 1 N–H and O–H groups in total. The number of likely N-dealkylation sites (N-methyl/N-ethyl adjacent to an activating group) is 1. The first-order chi connectivity index (χ1) is 10.6. The highest BCUT2D eigenvalue weighted by Crippen LogP contribution is 1.85. The minimum atomic E-state index is 0.123. The highest BCUT2D eigenvalue weighted by molar-refractivity contribution is 4.47. The molecule has 0 unspecified atom stereocenters. The molecule has 0 atom stereocenters. The summed E-state index contributed by atoms with van der Waals surface area (Å²) >= 11 is 0. The van der Waals surface area contributed by atoms with Gasteiger partial charge in [-0.05, 0) is 46.6 Å². The largest absolute Gasteiger partial charge is 0.394 e. The highest BCUT2D eigenvalue weighted by atomic mass is 16.5. The zero-order chi connectivity index (χ0) is 18.2. The maximum absolute atomic E-state index is 8.40. The van der Waals surface area contributed by atoms with Crippen molar-refractivity contribution in [1.82, 2.24) is 9.80 Å². The van der Waals surface area contributed by atoms with Crippen LogP contribution >= 0.6 is 0 Å². The van der Waals surface area contributed by atoms with Gasteiger partial charge in [0.05, 0.1) is 19.8 Å². The van der Waals surface area contributed by atoms with Crippen molar-refractivity contribution in [2.24, 2.45) is 0 Å². The molecule has 0 aliphatic rings. The van der Waals surface area contributed by atoms with Gasteiger partial charge in [-0.3, -0.25) is 0 Å². The van der Waals surface area contributed by atoms with Crippen LogP contribution in [0.25, 0.3) is 0 Å². The molecule has 22 heavy (non-hydrogen) atoms. The number of aliphatic hydroxyl groups excluding tert-OH is 1. The van der Waals surface area contributed by atoms with E-state index in [1.165, 1.54) is 25.9 Å². The maximum atomic E-state index is 8.40. The van der Waals surface area contributed by atoms with Gasteiger partial charge in [-0.2, -0.15) is 0 Å². The van der Waals surface area contributed by atoms with E-state index >= 15 is 0 Å². The smallest absolute Gasteiger partial charge is 0.0698 e. The van der Waals surface area contributed by atoms with Crippen molar-refractivity contribution in [1.29, 1.82) is 0 Å². The van der Waals surface area contributed by atoms with Gasteiger partial charge in [0.2, 0.25) is 0 Å². The topological polar surface area (TPSA) is 35.9 Å². The van der Waals surface area contributed by atoms with Gasteiger partial charge in [-0.15, -0.1) is 0 Å². The van der Waals surface area contributed by atoms with Crippen molar-refractivity contribution in [2.45, 2.75) is 61.3 Å². The summed E-state index contributed by atoms with van der Waals surface area (Å²) in [4.78, 5) is 4.53. The van der Waals surface area contributed by atoms with Gasteiger partial charge < -0.3 is 19.6 Å². The summed E-state index contributed by atoms with van der Waals surface area (Å²) in [5.41, 5.74) is 0. The lowest BCUT2D eigenvalue weighted by atomic mass is 10.4. The van der Waals surface area contributed by atoms with E-state index in [9.17, 15) is 0 Å². The highest BCUT2D eigenvalue weighted by Gasteiger charge is 1.94. The summed E-state index contributed by atoms with van der Waals surface area (Å²) in [6.07, 6.45) is 2.45. The van der Waals surface area contributed by atoms with Crippen LogP contribution in [0.5, 0.6) is 0 Å². The van der Waals surface area contributed by atoms with Crippen LogP contribution in [0.15, 0.2) is 0 Å². The van der Waals surface area contributed by atoms with E-state index in [4.69, 9.17) is 9.84 Å². The fourth-order valence-corrected chi connectivity index (χ4v) is 1.42. The van der Waals surface area contributed by atoms with Gasteiger partial charge in [0.15, 0.2) is 0 Å². The molecule has 0 fully saturated rings. The first kappa shape index (κ1) is 29.8. The molecule has 0 aliphatic carbocycles. The minimum absolute atomic E-state index is 0.123. The Morgan fingerprint density at radius 3 is 1.50 bits per heavy atom. The summed E-state index contributed by atoms with van der Waals surface area (Å²) in [6, 6.07) is 0. The number of hydrogen-bond acceptors (Lipinski definition) is 4. The van der Waals surface area contributed by atoms with Crippen molar-refractivity contribution in [3.05, 3.63) is 0 Å². The van der Waals surface area contributed by atoms with Gasteiger partial charge in [0, 0.05) is 6.54 Å². The molecule has 4 heteroatoms. The van der Waals surface area contributed by atoms with E-state index in [1.807, 2.05) is 27.7 Å². The van der Waals surface area contributed by atoms with Crippen molar-refractivity contribution >= 4 is 0 Å². The van der Waals surface area contributed by atoms with Gasteiger partial charge in [0.25, 0.3) is 0 Å². The molecule has 0 aromatic rings. The average Bonchev–Trinajstić information content (AvgIpc) is 2.56. The molecule has 0 saturated heterocycles.